The molecule has 2 N–H and O–H groups in total. The van der Waals surface area contributed by atoms with Gasteiger partial charge in [-0.1, -0.05) is 30.0 Å². The van der Waals surface area contributed by atoms with Gasteiger partial charge in [-0.2, -0.15) is 13.2 Å². The molecule has 166 valence electrons. The molecule has 0 aliphatic rings. The van der Waals surface area contributed by atoms with E-state index >= 15 is 0 Å². The highest BCUT2D eigenvalue weighted by molar-refractivity contribution is 7.98. The minimum atomic E-state index is -4.57. The molecule has 1 aromatic heterocycles. The maximum atomic E-state index is 12.8. The summed E-state index contributed by atoms with van der Waals surface area (Å²) in [7, 11) is 0. The minimum Gasteiger partial charge on any atom is -0.267 e. The first-order chi connectivity index (χ1) is 15.1. The monoisotopic (exact) mass is 460 g/mol. The molecule has 0 saturated carbocycles. The predicted molar refractivity (Wildman–Crippen MR) is 114 cm³/mol. The molecule has 0 radical (unpaired) electrons. The molecule has 0 saturated heterocycles. The molecular formula is C22H19F3N4O2S. The first-order valence-corrected chi connectivity index (χ1v) is 10.4. The first kappa shape index (κ1) is 23.3. The maximum Gasteiger partial charge on any atom is 0.416 e. The number of hydrazine groups is 1. The van der Waals surface area contributed by atoms with Crippen molar-refractivity contribution in [3.05, 3.63) is 88.2 Å². The number of carbonyl (C=O) groups is 2. The summed E-state index contributed by atoms with van der Waals surface area (Å²) in [5.41, 5.74) is 6.16. The molecule has 6 nitrogen and oxygen atoms in total. The highest BCUT2D eigenvalue weighted by atomic mass is 32.2. The molecular weight excluding hydrogens is 441 g/mol. The average molecular weight is 460 g/mol. The summed E-state index contributed by atoms with van der Waals surface area (Å²) in [5, 5.41) is 0.668. The van der Waals surface area contributed by atoms with Crippen LogP contribution in [0.5, 0.6) is 0 Å². The number of hydrogen-bond acceptors (Lipinski definition) is 5. The molecule has 3 aromatic rings. The van der Waals surface area contributed by atoms with Crippen LogP contribution in [0, 0.1) is 13.8 Å². The Bertz CT molecular complexity index is 1110. The zero-order valence-corrected chi connectivity index (χ0v) is 18.0. The molecule has 2 aromatic carbocycles. The molecule has 0 fully saturated rings. The average Bonchev–Trinajstić information content (AvgIpc) is 2.75. The molecule has 10 heteroatoms. The van der Waals surface area contributed by atoms with Crippen molar-refractivity contribution in [2.24, 2.45) is 0 Å². The number of thioether (sulfide) groups is 1. The van der Waals surface area contributed by atoms with Crippen molar-refractivity contribution >= 4 is 23.6 Å². The molecule has 0 bridgehead atoms. The van der Waals surface area contributed by atoms with Gasteiger partial charge < -0.3 is 0 Å². The summed E-state index contributed by atoms with van der Waals surface area (Å²) in [6.45, 7) is 3.80. The Hall–Kier alpha value is -3.40. The van der Waals surface area contributed by atoms with E-state index in [0.29, 0.717) is 17.0 Å². The van der Waals surface area contributed by atoms with Crippen molar-refractivity contribution in [2.45, 2.75) is 30.9 Å². The van der Waals surface area contributed by atoms with Gasteiger partial charge in [-0.25, -0.2) is 9.97 Å². The summed E-state index contributed by atoms with van der Waals surface area (Å²) in [6.07, 6.45) is -4.57. The van der Waals surface area contributed by atoms with Gasteiger partial charge in [-0.05, 0) is 55.8 Å². The lowest BCUT2D eigenvalue weighted by molar-refractivity contribution is -0.137. The second-order valence-corrected chi connectivity index (χ2v) is 7.85. The lowest BCUT2D eigenvalue weighted by Crippen LogP contribution is -2.41. The molecule has 0 aliphatic carbocycles. The van der Waals surface area contributed by atoms with Crippen molar-refractivity contribution in [1.82, 2.24) is 20.8 Å². The fourth-order valence-electron chi connectivity index (χ4n) is 2.75. The number of halogens is 3. The van der Waals surface area contributed by atoms with E-state index in [-0.39, 0.29) is 11.1 Å². The lowest BCUT2D eigenvalue weighted by Gasteiger charge is -2.10. The van der Waals surface area contributed by atoms with Crippen LogP contribution in [0.1, 0.15) is 43.2 Å². The van der Waals surface area contributed by atoms with Crippen LogP contribution in [0.2, 0.25) is 0 Å². The van der Waals surface area contributed by atoms with E-state index in [1.807, 2.05) is 19.9 Å². The second kappa shape index (κ2) is 9.82. The standard InChI is InChI=1S/C22H19F3N4O2S/c1-13-10-14(2)27-21(26-13)32-12-15-6-8-16(9-7-15)19(30)28-29-20(31)17-4-3-5-18(11-17)22(23,24)25/h3-11H,12H2,1-2H3,(H,28,30)(H,29,31). The van der Waals surface area contributed by atoms with Crippen LogP contribution >= 0.6 is 11.8 Å². The Morgan fingerprint density at radius 3 is 2.06 bits per heavy atom. The van der Waals surface area contributed by atoms with Crippen LogP contribution in [0.25, 0.3) is 0 Å². The van der Waals surface area contributed by atoms with Gasteiger partial charge in [-0.15, -0.1) is 0 Å². The molecule has 32 heavy (non-hydrogen) atoms. The van der Waals surface area contributed by atoms with E-state index in [2.05, 4.69) is 20.8 Å². The van der Waals surface area contributed by atoms with Gasteiger partial charge in [0.05, 0.1) is 5.56 Å². The summed E-state index contributed by atoms with van der Waals surface area (Å²) in [6, 6.07) is 12.5. The molecule has 0 unspecified atom stereocenters. The molecule has 2 amide bonds. The van der Waals surface area contributed by atoms with Gasteiger partial charge in [0.1, 0.15) is 0 Å². The zero-order chi connectivity index (χ0) is 23.3. The smallest absolute Gasteiger partial charge is 0.267 e. The van der Waals surface area contributed by atoms with E-state index in [0.717, 1.165) is 29.1 Å². The topological polar surface area (TPSA) is 84.0 Å². The Morgan fingerprint density at radius 2 is 1.47 bits per heavy atom. The van der Waals surface area contributed by atoms with Gasteiger partial charge in [0.15, 0.2) is 5.16 Å². The summed E-state index contributed by atoms with van der Waals surface area (Å²) in [5.74, 6) is -0.843. The minimum absolute atomic E-state index is 0.221. The Balaban J connectivity index is 1.55. The zero-order valence-electron chi connectivity index (χ0n) is 17.2. The number of carbonyl (C=O) groups excluding carboxylic acids is 2. The quantitative estimate of drug-likeness (QED) is 0.333. The van der Waals surface area contributed by atoms with Crippen LogP contribution in [-0.4, -0.2) is 21.8 Å². The highest BCUT2D eigenvalue weighted by Crippen LogP contribution is 2.29. The fraction of sp³-hybridized carbons (Fsp3) is 0.182. The van der Waals surface area contributed by atoms with Crippen molar-refractivity contribution < 1.29 is 22.8 Å². The van der Waals surface area contributed by atoms with Crippen molar-refractivity contribution in [2.75, 3.05) is 0 Å². The van der Waals surface area contributed by atoms with E-state index in [9.17, 15) is 22.8 Å². The van der Waals surface area contributed by atoms with Gasteiger partial charge in [-0.3, -0.25) is 20.4 Å². The number of aryl methyl sites for hydroxylation is 2. The number of rotatable bonds is 5. The third-order valence-corrected chi connectivity index (χ3v) is 5.21. The molecule has 0 aliphatic heterocycles. The number of hydrogen-bond donors (Lipinski definition) is 2. The Kier molecular flexibility index (Phi) is 7.14. The highest BCUT2D eigenvalue weighted by Gasteiger charge is 2.30. The SMILES string of the molecule is Cc1cc(C)nc(SCc2ccc(C(=O)NNC(=O)c3cccc(C(F)(F)F)c3)cc2)n1. The largest absolute Gasteiger partial charge is 0.416 e. The molecule has 0 spiro atoms. The lowest BCUT2D eigenvalue weighted by atomic mass is 10.1. The number of alkyl halides is 3. The second-order valence-electron chi connectivity index (χ2n) is 6.91. The van der Waals surface area contributed by atoms with Gasteiger partial charge in [0, 0.05) is 28.3 Å². The number of nitrogens with one attached hydrogen (secondary N) is 2. The van der Waals surface area contributed by atoms with E-state index < -0.39 is 23.6 Å². The first-order valence-electron chi connectivity index (χ1n) is 9.44. The summed E-state index contributed by atoms with van der Waals surface area (Å²) in [4.78, 5) is 33.0. The van der Waals surface area contributed by atoms with E-state index in [1.54, 1.807) is 24.3 Å². The van der Waals surface area contributed by atoms with Crippen LogP contribution in [0.4, 0.5) is 13.2 Å². The summed E-state index contributed by atoms with van der Waals surface area (Å²) >= 11 is 1.47. The third kappa shape index (κ3) is 6.30. The normalized spacial score (nSPS) is 11.2. The fourth-order valence-corrected chi connectivity index (χ4v) is 3.66. The van der Waals surface area contributed by atoms with Gasteiger partial charge >= 0.3 is 6.18 Å². The molecule has 0 atom stereocenters. The predicted octanol–water partition coefficient (Wildman–Crippen LogP) is 4.48. The number of benzene rings is 2. The van der Waals surface area contributed by atoms with E-state index in [1.165, 1.54) is 17.8 Å². The Morgan fingerprint density at radius 1 is 0.875 bits per heavy atom. The van der Waals surface area contributed by atoms with Gasteiger partial charge in [0.25, 0.3) is 11.8 Å². The van der Waals surface area contributed by atoms with Gasteiger partial charge in [0.2, 0.25) is 0 Å². The molecule has 3 rings (SSSR count). The third-order valence-electron chi connectivity index (χ3n) is 4.29. The maximum absolute atomic E-state index is 12.8. The van der Waals surface area contributed by atoms with Crippen molar-refractivity contribution in [3.8, 4) is 0 Å². The van der Waals surface area contributed by atoms with Crippen LogP contribution in [0.3, 0.4) is 0 Å². The van der Waals surface area contributed by atoms with Crippen molar-refractivity contribution in [1.29, 1.82) is 0 Å². The molecule has 1 heterocycles. The van der Waals surface area contributed by atoms with Crippen LogP contribution in [-0.2, 0) is 11.9 Å². The number of nitrogens with zero attached hydrogens (tertiary/aromatic N) is 2. The van der Waals surface area contributed by atoms with Crippen LogP contribution < -0.4 is 10.9 Å². The van der Waals surface area contributed by atoms with Crippen LogP contribution in [0.15, 0.2) is 59.8 Å². The number of aromatic nitrogens is 2. The number of amides is 2. The van der Waals surface area contributed by atoms with Crippen molar-refractivity contribution in [3.63, 3.8) is 0 Å². The Labute approximate surface area is 186 Å². The van der Waals surface area contributed by atoms with E-state index in [4.69, 9.17) is 0 Å². The summed E-state index contributed by atoms with van der Waals surface area (Å²) < 4.78 is 38.3.